The Morgan fingerprint density at radius 1 is 1.18 bits per heavy atom. The van der Waals surface area contributed by atoms with Crippen molar-refractivity contribution in [2.45, 2.75) is 32.7 Å². The lowest BCUT2D eigenvalue weighted by Crippen LogP contribution is -2.46. The van der Waals surface area contributed by atoms with Crippen LogP contribution in [0.5, 0.6) is 0 Å². The van der Waals surface area contributed by atoms with Gasteiger partial charge >= 0.3 is 0 Å². The zero-order chi connectivity index (χ0) is 19.7. The molecule has 3 fully saturated rings. The van der Waals surface area contributed by atoms with Crippen molar-refractivity contribution in [2.24, 2.45) is 35.5 Å². The Hall–Kier alpha value is -1.95. The zero-order valence-electron chi connectivity index (χ0n) is 15.9. The van der Waals surface area contributed by atoms with Crippen molar-refractivity contribution in [3.8, 4) is 0 Å². The van der Waals surface area contributed by atoms with Crippen LogP contribution in [0.3, 0.4) is 0 Å². The second kappa shape index (κ2) is 6.28. The molecule has 2 saturated carbocycles. The average Bonchev–Trinajstić information content (AvgIpc) is 3.46. The van der Waals surface area contributed by atoms with Gasteiger partial charge in [0, 0.05) is 10.2 Å². The van der Waals surface area contributed by atoms with E-state index in [1.165, 1.54) is 4.90 Å². The third-order valence-electron chi connectivity index (χ3n) is 7.17. The lowest BCUT2D eigenvalue weighted by Gasteiger charge is -2.37. The van der Waals surface area contributed by atoms with Crippen molar-refractivity contribution >= 4 is 39.3 Å². The summed E-state index contributed by atoms with van der Waals surface area (Å²) in [5, 5.41) is 2.92. The fourth-order valence-corrected chi connectivity index (χ4v) is 6.10. The fraction of sp³-hybridized carbons (Fsp3) is 0.500. The monoisotopic (exact) mass is 442 g/mol. The van der Waals surface area contributed by atoms with Gasteiger partial charge in [0.05, 0.1) is 11.8 Å². The highest BCUT2D eigenvalue weighted by Gasteiger charge is 2.67. The minimum Gasteiger partial charge on any atom is -0.324 e. The second-order valence-electron chi connectivity index (χ2n) is 8.52. The highest BCUT2D eigenvalue weighted by molar-refractivity contribution is 9.10. The van der Waals surface area contributed by atoms with Gasteiger partial charge in [-0.3, -0.25) is 19.3 Å². The summed E-state index contributed by atoms with van der Waals surface area (Å²) in [5.41, 5.74) is 1.73. The minimum atomic E-state index is -0.810. The molecule has 6 rings (SSSR count). The first-order chi connectivity index (χ1) is 13.4. The van der Waals surface area contributed by atoms with E-state index in [2.05, 4.69) is 33.4 Å². The summed E-state index contributed by atoms with van der Waals surface area (Å²) in [7, 11) is 0. The maximum absolute atomic E-state index is 13.2. The van der Waals surface area contributed by atoms with Crippen molar-refractivity contribution in [2.75, 3.05) is 5.32 Å². The van der Waals surface area contributed by atoms with E-state index in [1.54, 1.807) is 6.92 Å². The Bertz CT molecular complexity index is 890. The molecule has 0 aromatic heterocycles. The number of nitrogens with one attached hydrogen (secondary N) is 1. The number of halogens is 1. The predicted octanol–water partition coefficient (Wildman–Crippen LogP) is 3.39. The van der Waals surface area contributed by atoms with Crippen LogP contribution in [0, 0.1) is 35.5 Å². The molecule has 5 nitrogen and oxygen atoms in total. The maximum Gasteiger partial charge on any atom is 0.247 e. The molecular formula is C22H23BrN2O3. The number of likely N-dealkylation sites (tertiary alicyclic amines) is 1. The van der Waals surface area contributed by atoms with E-state index in [9.17, 15) is 14.4 Å². The maximum atomic E-state index is 13.2. The topological polar surface area (TPSA) is 66.5 Å². The van der Waals surface area contributed by atoms with Gasteiger partial charge in [0.1, 0.15) is 6.04 Å². The average molecular weight is 443 g/mol. The number of anilines is 1. The van der Waals surface area contributed by atoms with Gasteiger partial charge in [0.2, 0.25) is 17.7 Å². The van der Waals surface area contributed by atoms with Crippen molar-refractivity contribution < 1.29 is 14.4 Å². The summed E-state index contributed by atoms with van der Waals surface area (Å²) in [6, 6.07) is 4.88. The van der Waals surface area contributed by atoms with Crippen molar-refractivity contribution in [1.29, 1.82) is 0 Å². The molecule has 146 valence electrons. The van der Waals surface area contributed by atoms with Crippen LogP contribution >= 0.6 is 15.9 Å². The Balaban J connectivity index is 1.37. The second-order valence-corrected chi connectivity index (χ2v) is 9.44. The third-order valence-corrected chi connectivity index (χ3v) is 7.66. The molecule has 1 N–H and O–H groups in total. The van der Waals surface area contributed by atoms with E-state index < -0.39 is 6.04 Å². The van der Waals surface area contributed by atoms with Gasteiger partial charge in [-0.25, -0.2) is 0 Å². The first-order valence-electron chi connectivity index (χ1n) is 10.1. The molecule has 0 spiro atoms. The molecule has 1 saturated heterocycles. The Morgan fingerprint density at radius 3 is 2.36 bits per heavy atom. The van der Waals surface area contributed by atoms with E-state index in [-0.39, 0.29) is 41.4 Å². The number of hydrogen-bond acceptors (Lipinski definition) is 3. The molecule has 1 aromatic rings. The van der Waals surface area contributed by atoms with Crippen molar-refractivity contribution in [3.63, 3.8) is 0 Å². The highest BCUT2D eigenvalue weighted by atomic mass is 79.9. The lowest BCUT2D eigenvalue weighted by atomic mass is 9.63. The van der Waals surface area contributed by atoms with Crippen LogP contribution in [-0.4, -0.2) is 28.7 Å². The molecule has 1 heterocycles. The van der Waals surface area contributed by atoms with Gasteiger partial charge in [-0.15, -0.1) is 0 Å². The Morgan fingerprint density at radius 2 is 1.79 bits per heavy atom. The SMILES string of the molecule is CCc1cc(Br)ccc1NC(=O)[C@H](C)N1C(=O)[C@@H]2[C@H]3C=C[C@@H]([C@@H]4C[C@@H]34)[C@H]2C1=O. The molecular weight excluding hydrogens is 420 g/mol. The fourth-order valence-electron chi connectivity index (χ4n) is 5.69. The van der Waals surface area contributed by atoms with Crippen molar-refractivity contribution in [3.05, 3.63) is 40.4 Å². The van der Waals surface area contributed by atoms with E-state index in [0.717, 1.165) is 28.6 Å². The van der Waals surface area contributed by atoms with Gasteiger partial charge in [-0.1, -0.05) is 35.0 Å². The molecule has 6 heteroatoms. The smallest absolute Gasteiger partial charge is 0.247 e. The van der Waals surface area contributed by atoms with Crippen LogP contribution in [0.1, 0.15) is 25.8 Å². The Labute approximate surface area is 172 Å². The van der Waals surface area contributed by atoms with E-state index in [1.807, 2.05) is 25.1 Å². The number of nitrogens with zero attached hydrogens (tertiary/aromatic N) is 1. The number of aryl methyl sites for hydroxylation is 1. The molecule has 7 atom stereocenters. The van der Waals surface area contributed by atoms with Crippen molar-refractivity contribution in [1.82, 2.24) is 4.90 Å². The number of amides is 3. The molecule has 0 radical (unpaired) electrons. The molecule has 4 aliphatic carbocycles. The number of allylic oxidation sites excluding steroid dienone is 2. The molecule has 5 aliphatic rings. The van der Waals surface area contributed by atoms with Crippen LogP contribution < -0.4 is 5.32 Å². The number of rotatable bonds is 4. The number of imide groups is 1. The van der Waals surface area contributed by atoms with Crippen LogP contribution in [-0.2, 0) is 20.8 Å². The van der Waals surface area contributed by atoms with Crippen LogP contribution in [0.15, 0.2) is 34.8 Å². The summed E-state index contributed by atoms with van der Waals surface area (Å²) < 4.78 is 0.950. The zero-order valence-corrected chi connectivity index (χ0v) is 17.5. The normalized spacial score (nSPS) is 35.6. The number of benzene rings is 1. The molecule has 2 bridgehead atoms. The summed E-state index contributed by atoms with van der Waals surface area (Å²) in [6.07, 6.45) is 6.20. The molecule has 0 unspecified atom stereocenters. The quantitative estimate of drug-likeness (QED) is 0.573. The van der Waals surface area contributed by atoms with Crippen LogP contribution in [0.4, 0.5) is 5.69 Å². The number of carbonyl (C=O) groups excluding carboxylic acids is 3. The summed E-state index contributed by atoms with van der Waals surface area (Å²) in [5.74, 6) is 0.315. The minimum absolute atomic E-state index is 0.158. The van der Waals surface area contributed by atoms with Gasteiger partial charge in [0.15, 0.2) is 0 Å². The first-order valence-corrected chi connectivity index (χ1v) is 10.9. The number of carbonyl (C=O) groups is 3. The molecule has 1 aromatic carbocycles. The highest BCUT2D eigenvalue weighted by Crippen LogP contribution is 2.65. The van der Waals surface area contributed by atoms with Gasteiger partial charge < -0.3 is 5.32 Å². The standard InChI is InChI=1S/C22H23BrN2O3/c1-3-11-8-12(23)4-7-17(11)24-20(26)10(2)25-21(27)18-13-5-6-14(16-9-15(13)16)19(18)22(25)28/h4-8,10,13-16,18-19H,3,9H2,1-2H3,(H,24,26)/t10-,13-,14-,15-,16-,18+,19+/m0/s1. The number of hydrogen-bond donors (Lipinski definition) is 1. The molecule has 28 heavy (non-hydrogen) atoms. The van der Waals surface area contributed by atoms with Gasteiger partial charge in [-0.05, 0) is 67.2 Å². The Kier molecular flexibility index (Phi) is 4.06. The van der Waals surface area contributed by atoms with Gasteiger partial charge in [0.25, 0.3) is 0 Å². The summed E-state index contributed by atoms with van der Waals surface area (Å²) >= 11 is 3.45. The summed E-state index contributed by atoms with van der Waals surface area (Å²) in [6.45, 7) is 3.68. The van der Waals surface area contributed by atoms with E-state index >= 15 is 0 Å². The van der Waals surface area contributed by atoms with Crippen LogP contribution in [0.25, 0.3) is 0 Å². The van der Waals surface area contributed by atoms with E-state index in [0.29, 0.717) is 11.8 Å². The molecule has 3 amide bonds. The van der Waals surface area contributed by atoms with Gasteiger partial charge in [-0.2, -0.15) is 0 Å². The van der Waals surface area contributed by atoms with E-state index in [4.69, 9.17) is 0 Å². The third kappa shape index (κ3) is 2.46. The first kappa shape index (κ1) is 18.1. The largest absolute Gasteiger partial charge is 0.324 e. The summed E-state index contributed by atoms with van der Waals surface area (Å²) in [4.78, 5) is 40.5. The molecule has 1 aliphatic heterocycles. The van der Waals surface area contributed by atoms with Crippen LogP contribution in [0.2, 0.25) is 0 Å². The predicted molar refractivity (Wildman–Crippen MR) is 108 cm³/mol. The lowest BCUT2D eigenvalue weighted by molar-refractivity contribution is -0.146.